The number of nitrogens with two attached hydrogens (primary N) is 1. The molecule has 1 aromatic heterocycles. The van der Waals surface area contributed by atoms with Gasteiger partial charge in [-0.05, 0) is 26.0 Å². The Morgan fingerprint density at radius 3 is 2.31 bits per heavy atom. The predicted molar refractivity (Wildman–Crippen MR) is 66.4 cm³/mol. The van der Waals surface area contributed by atoms with E-state index in [1.54, 1.807) is 0 Å². The number of rotatable bonds is 1. The Balaban J connectivity index is 2.59. The molecule has 0 spiro atoms. The topological polar surface area (TPSA) is 51.8 Å². The van der Waals surface area contributed by atoms with Gasteiger partial charge >= 0.3 is 0 Å². The van der Waals surface area contributed by atoms with Gasteiger partial charge in [0, 0.05) is 16.1 Å². The smallest absolute Gasteiger partial charge is 0.130 e. The van der Waals surface area contributed by atoms with Gasteiger partial charge in [-0.3, -0.25) is 0 Å². The molecule has 0 saturated heterocycles. The first-order valence-corrected chi connectivity index (χ1v) is 5.32. The molecule has 82 valence electrons. The molecule has 0 amide bonds. The Labute approximate surface area is 99.3 Å². The van der Waals surface area contributed by atoms with Gasteiger partial charge in [-0.2, -0.15) is 0 Å². The Bertz CT molecular complexity index is 521. The van der Waals surface area contributed by atoms with Gasteiger partial charge in [-0.25, -0.2) is 9.97 Å². The Kier molecular flexibility index (Phi) is 2.79. The number of nitrogen functional groups attached to an aromatic ring is 1. The lowest BCUT2D eigenvalue weighted by atomic mass is 10.1. The maximum absolute atomic E-state index is 5.84. The molecule has 0 unspecified atom stereocenters. The monoisotopic (exact) mass is 233 g/mol. The van der Waals surface area contributed by atoms with Gasteiger partial charge < -0.3 is 5.73 Å². The van der Waals surface area contributed by atoms with E-state index in [9.17, 15) is 0 Å². The first-order valence-electron chi connectivity index (χ1n) is 4.94. The van der Waals surface area contributed by atoms with Crippen LogP contribution >= 0.6 is 11.6 Å². The van der Waals surface area contributed by atoms with Crippen LogP contribution in [0.25, 0.3) is 11.3 Å². The number of aryl methyl sites for hydroxylation is 1. The minimum Gasteiger partial charge on any atom is -0.383 e. The summed E-state index contributed by atoms with van der Waals surface area (Å²) in [7, 11) is 0. The van der Waals surface area contributed by atoms with E-state index in [2.05, 4.69) is 9.97 Å². The van der Waals surface area contributed by atoms with Crippen molar-refractivity contribution in [1.82, 2.24) is 9.97 Å². The summed E-state index contributed by atoms with van der Waals surface area (Å²) in [6, 6.07) is 7.53. The van der Waals surface area contributed by atoms with Gasteiger partial charge in [0.25, 0.3) is 0 Å². The summed E-state index contributed by atoms with van der Waals surface area (Å²) in [4.78, 5) is 8.52. The lowest BCUT2D eigenvalue weighted by molar-refractivity contribution is 1.05. The standard InChI is InChI=1S/C12H12ClN3/c1-7-11(15-8(2)16-12(7)14)9-3-5-10(13)6-4-9/h3-6H,1-2H3,(H2,14,15,16). The second-order valence-corrected chi connectivity index (χ2v) is 4.07. The Hall–Kier alpha value is -1.61. The third-order valence-corrected chi connectivity index (χ3v) is 2.66. The van der Waals surface area contributed by atoms with E-state index in [-0.39, 0.29) is 0 Å². The van der Waals surface area contributed by atoms with Crippen molar-refractivity contribution >= 4 is 17.4 Å². The van der Waals surface area contributed by atoms with Crippen LogP contribution in [-0.2, 0) is 0 Å². The van der Waals surface area contributed by atoms with Crippen molar-refractivity contribution < 1.29 is 0 Å². The third kappa shape index (κ3) is 1.99. The summed E-state index contributed by atoms with van der Waals surface area (Å²) in [6.45, 7) is 3.74. The van der Waals surface area contributed by atoms with E-state index in [1.165, 1.54) is 0 Å². The number of aromatic nitrogens is 2. The summed E-state index contributed by atoms with van der Waals surface area (Å²) < 4.78 is 0. The van der Waals surface area contributed by atoms with Crippen molar-refractivity contribution in [3.8, 4) is 11.3 Å². The van der Waals surface area contributed by atoms with Crippen LogP contribution in [0.4, 0.5) is 5.82 Å². The molecule has 0 aliphatic heterocycles. The number of hydrogen-bond acceptors (Lipinski definition) is 3. The highest BCUT2D eigenvalue weighted by Gasteiger charge is 2.08. The van der Waals surface area contributed by atoms with Crippen LogP contribution in [-0.4, -0.2) is 9.97 Å². The average molecular weight is 234 g/mol. The minimum atomic E-state index is 0.525. The number of benzene rings is 1. The molecular formula is C12H12ClN3. The first kappa shape index (κ1) is 10.9. The highest BCUT2D eigenvalue weighted by molar-refractivity contribution is 6.30. The second-order valence-electron chi connectivity index (χ2n) is 3.64. The largest absolute Gasteiger partial charge is 0.383 e. The van der Waals surface area contributed by atoms with Crippen LogP contribution in [0.15, 0.2) is 24.3 Å². The summed E-state index contributed by atoms with van der Waals surface area (Å²) in [6.07, 6.45) is 0. The summed E-state index contributed by atoms with van der Waals surface area (Å²) in [5.74, 6) is 1.20. The molecule has 0 saturated carbocycles. The van der Waals surface area contributed by atoms with E-state index >= 15 is 0 Å². The lowest BCUT2D eigenvalue weighted by Crippen LogP contribution is -2.01. The molecule has 0 radical (unpaired) electrons. The molecule has 3 nitrogen and oxygen atoms in total. The molecule has 1 aromatic carbocycles. The van der Waals surface area contributed by atoms with Crippen LogP contribution in [0.1, 0.15) is 11.4 Å². The minimum absolute atomic E-state index is 0.525. The molecule has 4 heteroatoms. The van der Waals surface area contributed by atoms with Crippen molar-refractivity contribution in [2.24, 2.45) is 0 Å². The van der Waals surface area contributed by atoms with Gasteiger partial charge in [0.05, 0.1) is 5.69 Å². The zero-order chi connectivity index (χ0) is 11.7. The molecule has 2 N–H and O–H groups in total. The van der Waals surface area contributed by atoms with Gasteiger partial charge in [0.1, 0.15) is 11.6 Å². The Morgan fingerprint density at radius 1 is 1.06 bits per heavy atom. The quantitative estimate of drug-likeness (QED) is 0.824. The van der Waals surface area contributed by atoms with Crippen molar-refractivity contribution in [3.05, 3.63) is 40.7 Å². The number of halogens is 1. The maximum Gasteiger partial charge on any atom is 0.130 e. The zero-order valence-corrected chi connectivity index (χ0v) is 9.92. The molecular weight excluding hydrogens is 222 g/mol. The second kappa shape index (κ2) is 4.10. The zero-order valence-electron chi connectivity index (χ0n) is 9.16. The normalized spacial score (nSPS) is 10.4. The van der Waals surface area contributed by atoms with Gasteiger partial charge in [-0.1, -0.05) is 23.7 Å². The highest BCUT2D eigenvalue weighted by Crippen LogP contribution is 2.25. The summed E-state index contributed by atoms with van der Waals surface area (Å²) in [5.41, 5.74) is 8.57. The molecule has 16 heavy (non-hydrogen) atoms. The molecule has 0 aliphatic carbocycles. The maximum atomic E-state index is 5.84. The predicted octanol–water partition coefficient (Wildman–Crippen LogP) is 3.00. The molecule has 0 bridgehead atoms. The van der Waals surface area contributed by atoms with Crippen LogP contribution in [0.5, 0.6) is 0 Å². The van der Waals surface area contributed by atoms with Crippen LogP contribution in [0, 0.1) is 13.8 Å². The number of anilines is 1. The van der Waals surface area contributed by atoms with Gasteiger partial charge in [-0.15, -0.1) is 0 Å². The summed E-state index contributed by atoms with van der Waals surface area (Å²) in [5, 5.41) is 0.708. The SMILES string of the molecule is Cc1nc(N)c(C)c(-c2ccc(Cl)cc2)n1. The van der Waals surface area contributed by atoms with E-state index in [0.29, 0.717) is 16.7 Å². The molecule has 2 rings (SSSR count). The molecule has 0 fully saturated rings. The molecule has 0 atom stereocenters. The van der Waals surface area contributed by atoms with E-state index < -0.39 is 0 Å². The van der Waals surface area contributed by atoms with Crippen molar-refractivity contribution in [3.63, 3.8) is 0 Å². The number of nitrogens with zero attached hydrogens (tertiary/aromatic N) is 2. The van der Waals surface area contributed by atoms with Gasteiger partial charge in [0.2, 0.25) is 0 Å². The number of hydrogen-bond donors (Lipinski definition) is 1. The fraction of sp³-hybridized carbons (Fsp3) is 0.167. The molecule has 0 aliphatic rings. The average Bonchev–Trinajstić information content (AvgIpc) is 2.25. The van der Waals surface area contributed by atoms with Gasteiger partial charge in [0.15, 0.2) is 0 Å². The molecule has 2 aromatic rings. The van der Waals surface area contributed by atoms with Crippen molar-refractivity contribution in [2.75, 3.05) is 5.73 Å². The van der Waals surface area contributed by atoms with E-state index in [0.717, 1.165) is 16.8 Å². The fourth-order valence-electron chi connectivity index (χ4n) is 1.54. The fourth-order valence-corrected chi connectivity index (χ4v) is 1.66. The van der Waals surface area contributed by atoms with Crippen LogP contribution in [0.3, 0.4) is 0 Å². The van der Waals surface area contributed by atoms with Crippen molar-refractivity contribution in [2.45, 2.75) is 13.8 Å². The third-order valence-electron chi connectivity index (χ3n) is 2.41. The molecule has 1 heterocycles. The lowest BCUT2D eigenvalue weighted by Gasteiger charge is -2.08. The van der Waals surface area contributed by atoms with Crippen LogP contribution < -0.4 is 5.73 Å². The Morgan fingerprint density at radius 2 is 1.69 bits per heavy atom. The van der Waals surface area contributed by atoms with Crippen molar-refractivity contribution in [1.29, 1.82) is 0 Å². The summed E-state index contributed by atoms with van der Waals surface area (Å²) >= 11 is 5.84. The first-order chi connectivity index (χ1) is 7.58. The van der Waals surface area contributed by atoms with Crippen LogP contribution in [0.2, 0.25) is 5.02 Å². The highest BCUT2D eigenvalue weighted by atomic mass is 35.5. The van der Waals surface area contributed by atoms with E-state index in [1.807, 2.05) is 38.1 Å². The van der Waals surface area contributed by atoms with E-state index in [4.69, 9.17) is 17.3 Å².